The van der Waals surface area contributed by atoms with E-state index in [1.807, 2.05) is 0 Å². The van der Waals surface area contributed by atoms with Crippen molar-refractivity contribution < 1.29 is 13.2 Å². The van der Waals surface area contributed by atoms with E-state index in [1.54, 1.807) is 9.21 Å². The van der Waals surface area contributed by atoms with Crippen molar-refractivity contribution in [2.75, 3.05) is 26.2 Å². The summed E-state index contributed by atoms with van der Waals surface area (Å²) in [5.74, 6) is 0.887. The number of nitrogens with zero attached hydrogens (tertiary/aromatic N) is 3. The van der Waals surface area contributed by atoms with Gasteiger partial charge in [-0.1, -0.05) is 6.92 Å². The molecule has 174 valence electrons. The summed E-state index contributed by atoms with van der Waals surface area (Å²) >= 11 is 0. The minimum atomic E-state index is -3.50. The number of rotatable bonds is 6. The Morgan fingerprint density at radius 1 is 1.16 bits per heavy atom. The van der Waals surface area contributed by atoms with Gasteiger partial charge in [0, 0.05) is 30.7 Å². The largest absolute Gasteiger partial charge is 0.326 e. The minimum absolute atomic E-state index is 0.0268. The molecule has 8 nitrogen and oxygen atoms in total. The number of nitriles is 1. The molecular weight excluding hydrogens is 414 g/mol. The van der Waals surface area contributed by atoms with Crippen molar-refractivity contribution >= 4 is 16.1 Å². The Bertz CT molecular complexity index is 833. The van der Waals surface area contributed by atoms with Crippen LogP contribution in [0.3, 0.4) is 0 Å². The van der Waals surface area contributed by atoms with E-state index in [0.717, 1.165) is 51.4 Å². The first-order chi connectivity index (χ1) is 14.6. The predicted molar refractivity (Wildman–Crippen MR) is 118 cm³/mol. The lowest BCUT2D eigenvalue weighted by Crippen LogP contribution is -2.65. The first-order valence-corrected chi connectivity index (χ1v) is 13.3. The molecule has 2 N–H and O–H groups in total. The average Bonchev–Trinajstić information content (AvgIpc) is 3.36. The molecule has 2 aliphatic heterocycles. The number of carbonyl (C=O) groups excluding carboxylic acids is 1. The Morgan fingerprint density at radius 2 is 1.90 bits per heavy atom. The third kappa shape index (κ3) is 4.92. The monoisotopic (exact) mass is 451 g/mol. The highest BCUT2D eigenvalue weighted by molar-refractivity contribution is 7.87. The second-order valence-corrected chi connectivity index (χ2v) is 12.4. The molecule has 2 saturated carbocycles. The van der Waals surface area contributed by atoms with Crippen molar-refractivity contribution in [1.82, 2.24) is 19.2 Å². The molecule has 4 fully saturated rings. The number of carbonyl (C=O) groups is 1. The highest BCUT2D eigenvalue weighted by atomic mass is 32.2. The second-order valence-electron chi connectivity index (χ2n) is 10.8. The highest BCUT2D eigenvalue weighted by Crippen LogP contribution is 2.49. The van der Waals surface area contributed by atoms with Gasteiger partial charge < -0.3 is 10.2 Å². The Balaban J connectivity index is 1.47. The van der Waals surface area contributed by atoms with E-state index in [2.05, 4.69) is 30.0 Å². The van der Waals surface area contributed by atoms with Crippen LogP contribution in [0.4, 0.5) is 0 Å². The van der Waals surface area contributed by atoms with Gasteiger partial charge in [0.05, 0.1) is 12.6 Å². The molecule has 2 heterocycles. The first kappa shape index (κ1) is 23.0. The molecular formula is C22H37N5O3S. The zero-order valence-electron chi connectivity index (χ0n) is 18.9. The fourth-order valence-electron chi connectivity index (χ4n) is 6.91. The van der Waals surface area contributed by atoms with Crippen LogP contribution in [0.5, 0.6) is 0 Å². The van der Waals surface area contributed by atoms with Gasteiger partial charge in [-0.15, -0.1) is 0 Å². The van der Waals surface area contributed by atoms with E-state index >= 15 is 0 Å². The molecule has 0 radical (unpaired) electrons. The molecule has 0 aromatic rings. The standard InChI is InChI=1S/C22H37N5O3S/c1-17-10-18-12-21(2,24-15-20(28)27-9-5-6-19(27)14-23)16-22(11-17,13-18)25-31(29,30)26-7-3-4-8-26/h17-19,24-25H,3-13,15-16H2,1-2H3. The van der Waals surface area contributed by atoms with Crippen molar-refractivity contribution in [3.8, 4) is 6.07 Å². The number of hydrogen-bond donors (Lipinski definition) is 2. The molecule has 0 aromatic carbocycles. The SMILES string of the molecule is CC1CC2CC(C)(NCC(=O)N3CCCC3C#N)CC(NS(=O)(=O)N3CCCC3)(C1)C2. The summed E-state index contributed by atoms with van der Waals surface area (Å²) in [6.45, 7) is 6.41. The molecule has 9 heteroatoms. The van der Waals surface area contributed by atoms with Gasteiger partial charge >= 0.3 is 0 Å². The summed E-state index contributed by atoms with van der Waals surface area (Å²) < 4.78 is 31.0. The van der Waals surface area contributed by atoms with E-state index in [1.165, 1.54) is 0 Å². The Hall–Kier alpha value is -1.21. The van der Waals surface area contributed by atoms with Crippen LogP contribution in [0, 0.1) is 23.2 Å². The molecule has 2 bridgehead atoms. The summed E-state index contributed by atoms with van der Waals surface area (Å²) in [4.78, 5) is 14.5. The van der Waals surface area contributed by atoms with Gasteiger partial charge in [-0.25, -0.2) is 0 Å². The Labute approximate surface area is 186 Å². The fraction of sp³-hybridized carbons (Fsp3) is 0.909. The molecule has 4 rings (SSSR count). The second kappa shape index (κ2) is 8.62. The number of hydrogen-bond acceptors (Lipinski definition) is 5. The van der Waals surface area contributed by atoms with E-state index in [9.17, 15) is 18.5 Å². The molecule has 0 spiro atoms. The molecule has 2 aliphatic carbocycles. The van der Waals surface area contributed by atoms with E-state index in [-0.39, 0.29) is 24.0 Å². The molecule has 0 aromatic heterocycles. The molecule has 1 amide bonds. The maximum absolute atomic E-state index is 13.1. The Morgan fingerprint density at radius 3 is 2.61 bits per heavy atom. The van der Waals surface area contributed by atoms with Gasteiger partial charge in [0.15, 0.2) is 0 Å². The van der Waals surface area contributed by atoms with Crippen LogP contribution >= 0.6 is 0 Å². The zero-order chi connectivity index (χ0) is 22.3. The van der Waals surface area contributed by atoms with Gasteiger partial charge in [0.1, 0.15) is 6.04 Å². The normalized spacial score (nSPS) is 38.9. The van der Waals surface area contributed by atoms with Crippen LogP contribution in [-0.4, -0.2) is 66.8 Å². The van der Waals surface area contributed by atoms with Crippen molar-refractivity contribution in [2.45, 2.75) is 88.8 Å². The topological polar surface area (TPSA) is 106 Å². The minimum Gasteiger partial charge on any atom is -0.326 e. The summed E-state index contributed by atoms with van der Waals surface area (Å²) in [7, 11) is -3.50. The van der Waals surface area contributed by atoms with Gasteiger partial charge in [-0.2, -0.15) is 22.7 Å². The van der Waals surface area contributed by atoms with Crippen LogP contribution in [0.15, 0.2) is 0 Å². The summed E-state index contributed by atoms with van der Waals surface area (Å²) in [6.07, 6.45) is 7.92. The maximum atomic E-state index is 13.1. The fourth-order valence-corrected chi connectivity index (χ4v) is 8.56. The third-order valence-electron chi connectivity index (χ3n) is 7.76. The Kier molecular flexibility index (Phi) is 6.39. The number of likely N-dealkylation sites (tertiary alicyclic amines) is 1. The van der Waals surface area contributed by atoms with Crippen LogP contribution in [0.1, 0.15) is 71.6 Å². The van der Waals surface area contributed by atoms with Crippen LogP contribution in [0.2, 0.25) is 0 Å². The van der Waals surface area contributed by atoms with Crippen LogP contribution in [-0.2, 0) is 15.0 Å². The van der Waals surface area contributed by atoms with Crippen molar-refractivity contribution in [3.05, 3.63) is 0 Å². The van der Waals surface area contributed by atoms with Crippen LogP contribution in [0.25, 0.3) is 0 Å². The van der Waals surface area contributed by atoms with Crippen LogP contribution < -0.4 is 10.0 Å². The lowest BCUT2D eigenvalue weighted by atomic mass is 9.59. The average molecular weight is 452 g/mol. The first-order valence-electron chi connectivity index (χ1n) is 11.9. The van der Waals surface area contributed by atoms with Gasteiger partial charge in [0.25, 0.3) is 10.2 Å². The lowest BCUT2D eigenvalue weighted by Gasteiger charge is -2.55. The third-order valence-corrected chi connectivity index (χ3v) is 9.50. The summed E-state index contributed by atoms with van der Waals surface area (Å²) in [5.41, 5.74) is -0.774. The molecule has 5 atom stereocenters. The predicted octanol–water partition coefficient (Wildman–Crippen LogP) is 1.75. The van der Waals surface area contributed by atoms with Gasteiger partial charge in [-0.05, 0) is 76.5 Å². The summed E-state index contributed by atoms with van der Waals surface area (Å²) in [5, 5.41) is 12.8. The van der Waals surface area contributed by atoms with E-state index in [0.29, 0.717) is 37.9 Å². The van der Waals surface area contributed by atoms with Crippen molar-refractivity contribution in [3.63, 3.8) is 0 Å². The summed E-state index contributed by atoms with van der Waals surface area (Å²) in [6, 6.07) is 1.92. The quantitative estimate of drug-likeness (QED) is 0.640. The van der Waals surface area contributed by atoms with Gasteiger partial charge in [-0.3, -0.25) is 4.79 Å². The smallest absolute Gasteiger partial charge is 0.279 e. The molecule has 2 saturated heterocycles. The lowest BCUT2D eigenvalue weighted by molar-refractivity contribution is -0.130. The number of nitrogens with one attached hydrogen (secondary N) is 2. The van der Waals surface area contributed by atoms with E-state index in [4.69, 9.17) is 0 Å². The molecule has 4 aliphatic rings. The number of fused-ring (bicyclic) bond motifs is 2. The molecule has 31 heavy (non-hydrogen) atoms. The van der Waals surface area contributed by atoms with E-state index < -0.39 is 15.7 Å². The maximum Gasteiger partial charge on any atom is 0.279 e. The number of amides is 1. The van der Waals surface area contributed by atoms with Gasteiger partial charge in [0.2, 0.25) is 5.91 Å². The van der Waals surface area contributed by atoms with Crippen molar-refractivity contribution in [1.29, 1.82) is 5.26 Å². The zero-order valence-corrected chi connectivity index (χ0v) is 19.7. The highest BCUT2D eigenvalue weighted by Gasteiger charge is 2.52. The molecule has 5 unspecified atom stereocenters. The van der Waals surface area contributed by atoms with Crippen molar-refractivity contribution in [2.24, 2.45) is 11.8 Å².